The first kappa shape index (κ1) is 29.4. The first-order valence-corrected chi connectivity index (χ1v) is 14.6. The van der Waals surface area contributed by atoms with Crippen LogP contribution in [0.4, 0.5) is 4.39 Å². The van der Waals surface area contributed by atoms with Crippen LogP contribution < -0.4 is 9.47 Å². The van der Waals surface area contributed by atoms with Crippen molar-refractivity contribution in [3.05, 3.63) is 118 Å². The Balaban J connectivity index is 1.36. The number of halogens is 1. The van der Waals surface area contributed by atoms with Crippen molar-refractivity contribution in [3.63, 3.8) is 0 Å². The Morgan fingerprint density at radius 3 is 2.29 bits per heavy atom. The number of hydrogen-bond acceptors (Lipinski definition) is 3. The average molecular weight is 567 g/mol. The lowest BCUT2D eigenvalue weighted by molar-refractivity contribution is -0.143. The molecule has 1 N–H and O–H groups in total. The van der Waals surface area contributed by atoms with Crippen LogP contribution >= 0.6 is 0 Å². The van der Waals surface area contributed by atoms with Gasteiger partial charge in [-0.3, -0.25) is 4.79 Å². The largest absolute Gasteiger partial charge is 0.488 e. The van der Waals surface area contributed by atoms with Crippen molar-refractivity contribution in [2.45, 2.75) is 77.9 Å². The first-order chi connectivity index (χ1) is 20.0. The van der Waals surface area contributed by atoms with E-state index < -0.39 is 22.8 Å². The number of rotatable bonds is 9. The van der Waals surface area contributed by atoms with Crippen molar-refractivity contribution in [1.82, 2.24) is 0 Å². The maximum absolute atomic E-state index is 15.2. The van der Waals surface area contributed by atoms with E-state index in [-0.39, 0.29) is 0 Å². The fraction of sp³-hybridized carbons (Fsp3) is 0.324. The Morgan fingerprint density at radius 2 is 1.64 bits per heavy atom. The van der Waals surface area contributed by atoms with Gasteiger partial charge in [0.25, 0.3) is 0 Å². The molecule has 4 nitrogen and oxygen atoms in total. The monoisotopic (exact) mass is 566 g/mol. The molecule has 0 spiro atoms. The molecule has 218 valence electrons. The van der Waals surface area contributed by atoms with Crippen LogP contribution in [-0.4, -0.2) is 16.7 Å². The maximum Gasteiger partial charge on any atom is 0.313 e. The lowest BCUT2D eigenvalue weighted by Crippen LogP contribution is -2.41. The number of fused-ring (bicyclic) bond motifs is 1. The van der Waals surface area contributed by atoms with E-state index in [1.54, 1.807) is 19.1 Å². The Kier molecular flexibility index (Phi) is 8.14. The van der Waals surface area contributed by atoms with E-state index in [1.165, 1.54) is 6.07 Å². The molecule has 1 aliphatic heterocycles. The lowest BCUT2D eigenvalue weighted by atomic mass is 9.74. The summed E-state index contributed by atoms with van der Waals surface area (Å²) in [5.74, 6) is 0.382. The summed E-state index contributed by atoms with van der Waals surface area (Å²) in [5.41, 5.74) is 5.31. The second-order valence-corrected chi connectivity index (χ2v) is 12.0. The zero-order valence-corrected chi connectivity index (χ0v) is 25.1. The topological polar surface area (TPSA) is 55.8 Å². The number of carboxylic acid groups (broad SMARTS) is 1. The molecule has 0 fully saturated rings. The van der Waals surface area contributed by atoms with Crippen molar-refractivity contribution in [3.8, 4) is 22.6 Å². The Morgan fingerprint density at radius 1 is 0.976 bits per heavy atom. The van der Waals surface area contributed by atoms with Crippen molar-refractivity contribution in [2.75, 3.05) is 0 Å². The Bertz CT molecular complexity index is 1600. The highest BCUT2D eigenvalue weighted by Gasteiger charge is 2.41. The van der Waals surface area contributed by atoms with Crippen LogP contribution in [0.2, 0.25) is 0 Å². The van der Waals surface area contributed by atoms with E-state index in [4.69, 9.17) is 9.47 Å². The predicted molar refractivity (Wildman–Crippen MR) is 165 cm³/mol. The third-order valence-electron chi connectivity index (χ3n) is 9.11. The summed E-state index contributed by atoms with van der Waals surface area (Å²) in [4.78, 5) is 12.6. The third kappa shape index (κ3) is 5.65. The van der Waals surface area contributed by atoms with Crippen LogP contribution in [0.1, 0.15) is 66.5 Å². The second kappa shape index (κ2) is 11.6. The van der Waals surface area contributed by atoms with E-state index in [0.717, 1.165) is 57.7 Å². The molecule has 4 aromatic rings. The normalized spacial score (nSPS) is 17.6. The van der Waals surface area contributed by atoms with Gasteiger partial charge in [-0.1, -0.05) is 72.8 Å². The quantitative estimate of drug-likeness (QED) is 0.220. The summed E-state index contributed by atoms with van der Waals surface area (Å²) in [6, 6.07) is 24.2. The minimum atomic E-state index is -1.27. The summed E-state index contributed by atoms with van der Waals surface area (Å²) in [5, 5.41) is 10.3. The predicted octanol–water partition coefficient (Wildman–Crippen LogP) is 8.90. The molecular weight excluding hydrogens is 527 g/mol. The van der Waals surface area contributed by atoms with Gasteiger partial charge in [0.05, 0.1) is 5.41 Å². The van der Waals surface area contributed by atoms with Gasteiger partial charge in [-0.2, -0.15) is 0 Å². The summed E-state index contributed by atoms with van der Waals surface area (Å²) >= 11 is 0. The average Bonchev–Trinajstić information content (AvgIpc) is 2.99. The van der Waals surface area contributed by atoms with Gasteiger partial charge < -0.3 is 14.6 Å². The second-order valence-electron chi connectivity index (χ2n) is 12.0. The van der Waals surface area contributed by atoms with Gasteiger partial charge in [0.2, 0.25) is 0 Å². The summed E-state index contributed by atoms with van der Waals surface area (Å²) in [6.45, 7) is 10.5. The number of ether oxygens (including phenoxy) is 2. The number of aliphatic carboxylic acids is 1. The molecule has 0 radical (unpaired) electrons. The zero-order chi connectivity index (χ0) is 30.1. The minimum absolute atomic E-state index is 0.313. The smallest absolute Gasteiger partial charge is 0.313 e. The van der Waals surface area contributed by atoms with E-state index in [1.807, 2.05) is 48.5 Å². The molecule has 42 heavy (non-hydrogen) atoms. The van der Waals surface area contributed by atoms with Gasteiger partial charge in [0.1, 0.15) is 29.5 Å². The molecule has 1 aliphatic rings. The molecule has 2 atom stereocenters. The van der Waals surface area contributed by atoms with E-state index in [2.05, 4.69) is 39.8 Å². The molecule has 1 heterocycles. The number of carboxylic acids is 1. The summed E-state index contributed by atoms with van der Waals surface area (Å²) in [7, 11) is 0. The van der Waals surface area contributed by atoms with Gasteiger partial charge >= 0.3 is 5.97 Å². The highest BCUT2D eigenvalue weighted by molar-refractivity contribution is 5.81. The molecular formula is C37H39FO4. The van der Waals surface area contributed by atoms with Crippen LogP contribution in [-0.2, 0) is 23.2 Å². The number of benzene rings is 4. The SMILES string of the molecule is Cc1c(C)c2c(c(C)c1OCc1ccccc1)CCC(C)(CCC(C)(C(=O)O)c1ccc(-c3ccccc3)c(F)c1)O2. The standard InChI is InChI=1S/C37H39FO4/c1-24-25(2)34-30(26(3)33(24)41-23-27-12-8-6-9-13-27)18-19-36(4,42-34)20-21-37(5,35(39)40)29-16-17-31(32(38)22-29)28-14-10-7-11-15-28/h6-17,22H,18-21,23H2,1-5H3,(H,39,40). The van der Waals surface area contributed by atoms with Gasteiger partial charge in [-0.15, -0.1) is 0 Å². The van der Waals surface area contributed by atoms with Gasteiger partial charge in [-0.05, 0) is 99.7 Å². The fourth-order valence-corrected chi connectivity index (χ4v) is 6.00. The van der Waals surface area contributed by atoms with Crippen molar-refractivity contribution in [2.24, 2.45) is 0 Å². The van der Waals surface area contributed by atoms with E-state index >= 15 is 4.39 Å². The molecule has 0 aromatic heterocycles. The van der Waals surface area contributed by atoms with Crippen molar-refractivity contribution in [1.29, 1.82) is 0 Å². The third-order valence-corrected chi connectivity index (χ3v) is 9.11. The molecule has 5 heteroatoms. The van der Waals surface area contributed by atoms with Crippen LogP contribution in [0, 0.1) is 26.6 Å². The Labute approximate surface area is 248 Å². The van der Waals surface area contributed by atoms with Gasteiger partial charge in [-0.25, -0.2) is 4.39 Å². The molecule has 4 aromatic carbocycles. The summed E-state index contributed by atoms with van der Waals surface area (Å²) < 4.78 is 28.3. The fourth-order valence-electron chi connectivity index (χ4n) is 6.00. The highest BCUT2D eigenvalue weighted by Crippen LogP contribution is 2.46. The van der Waals surface area contributed by atoms with E-state index in [9.17, 15) is 9.90 Å². The van der Waals surface area contributed by atoms with E-state index in [0.29, 0.717) is 30.6 Å². The lowest BCUT2D eigenvalue weighted by Gasteiger charge is -2.40. The highest BCUT2D eigenvalue weighted by atomic mass is 19.1. The molecule has 5 rings (SSSR count). The summed E-state index contributed by atoms with van der Waals surface area (Å²) in [6.07, 6.45) is 2.39. The first-order valence-electron chi connectivity index (χ1n) is 14.6. The van der Waals surface area contributed by atoms with Crippen LogP contribution in [0.25, 0.3) is 11.1 Å². The molecule has 0 amide bonds. The maximum atomic E-state index is 15.2. The molecule has 2 unspecified atom stereocenters. The van der Waals surface area contributed by atoms with Crippen molar-refractivity contribution < 1.29 is 23.8 Å². The molecule has 0 aliphatic carbocycles. The van der Waals surface area contributed by atoms with Crippen LogP contribution in [0.15, 0.2) is 78.9 Å². The number of hydrogen-bond donors (Lipinski definition) is 1. The number of carbonyl (C=O) groups is 1. The Hall–Kier alpha value is -4.12. The zero-order valence-electron chi connectivity index (χ0n) is 25.1. The molecule has 0 saturated heterocycles. The molecule has 0 saturated carbocycles. The van der Waals surface area contributed by atoms with Gasteiger partial charge in [0.15, 0.2) is 0 Å². The van der Waals surface area contributed by atoms with Crippen LogP contribution in [0.3, 0.4) is 0 Å². The van der Waals surface area contributed by atoms with Crippen molar-refractivity contribution >= 4 is 5.97 Å². The minimum Gasteiger partial charge on any atom is -0.488 e. The van der Waals surface area contributed by atoms with Gasteiger partial charge in [0, 0.05) is 11.1 Å². The molecule has 0 bridgehead atoms. The van der Waals surface area contributed by atoms with Crippen LogP contribution in [0.5, 0.6) is 11.5 Å².